The number of nitro groups is 1. The number of nitro benzene ring substituents is 1. The lowest BCUT2D eigenvalue weighted by Crippen LogP contribution is -2.14. The van der Waals surface area contributed by atoms with Crippen molar-refractivity contribution >= 4 is 17.3 Å². The molecule has 1 heterocycles. The number of benzene rings is 1. The van der Waals surface area contributed by atoms with Crippen LogP contribution in [0.3, 0.4) is 0 Å². The number of hydrogen-bond donors (Lipinski definition) is 2. The van der Waals surface area contributed by atoms with Crippen molar-refractivity contribution in [1.29, 1.82) is 0 Å². The van der Waals surface area contributed by atoms with Crippen LogP contribution in [0.5, 0.6) is 0 Å². The number of rotatable bonds is 3. The Kier molecular flexibility index (Phi) is 3.23. The largest absolute Gasteiger partial charge is 0.319 e. The summed E-state index contributed by atoms with van der Waals surface area (Å²) < 4.78 is 0. The second-order valence-electron chi connectivity index (χ2n) is 3.95. The number of anilines is 1. The minimum Gasteiger partial charge on any atom is -0.319 e. The van der Waals surface area contributed by atoms with Crippen LogP contribution in [0.1, 0.15) is 22.0 Å². The topological polar surface area (TPSA) is 114 Å². The van der Waals surface area contributed by atoms with E-state index in [-0.39, 0.29) is 11.5 Å². The molecule has 0 aliphatic rings. The SMILES string of the molecule is Cc1nc(C(=O)Nc2cc([N+](=O)[O-])ccc2C)n[nH]1. The summed E-state index contributed by atoms with van der Waals surface area (Å²) in [6.45, 7) is 3.41. The summed E-state index contributed by atoms with van der Waals surface area (Å²) in [5.41, 5.74) is 0.986. The average Bonchev–Trinajstić information content (AvgIpc) is 2.78. The smallest absolute Gasteiger partial charge is 0.295 e. The quantitative estimate of drug-likeness (QED) is 0.643. The van der Waals surface area contributed by atoms with Gasteiger partial charge in [0.2, 0.25) is 5.82 Å². The monoisotopic (exact) mass is 261 g/mol. The number of amides is 1. The van der Waals surface area contributed by atoms with Gasteiger partial charge < -0.3 is 5.32 Å². The molecule has 8 heteroatoms. The summed E-state index contributed by atoms with van der Waals surface area (Å²) in [6, 6.07) is 4.24. The third-order valence-corrected chi connectivity index (χ3v) is 2.48. The molecule has 0 atom stereocenters. The van der Waals surface area contributed by atoms with E-state index in [4.69, 9.17) is 0 Å². The number of carbonyl (C=O) groups excluding carboxylic acids is 1. The number of carbonyl (C=O) groups is 1. The Labute approximate surface area is 108 Å². The molecule has 0 saturated carbocycles. The van der Waals surface area contributed by atoms with Crippen LogP contribution >= 0.6 is 0 Å². The second-order valence-corrected chi connectivity index (χ2v) is 3.95. The van der Waals surface area contributed by atoms with Crippen LogP contribution in [0, 0.1) is 24.0 Å². The molecule has 0 aliphatic carbocycles. The van der Waals surface area contributed by atoms with Gasteiger partial charge in [0.05, 0.1) is 10.6 Å². The van der Waals surface area contributed by atoms with Crippen LogP contribution in [-0.2, 0) is 0 Å². The number of hydrogen-bond acceptors (Lipinski definition) is 5. The zero-order valence-corrected chi connectivity index (χ0v) is 10.3. The highest BCUT2D eigenvalue weighted by molar-refractivity contribution is 6.02. The molecule has 0 unspecified atom stereocenters. The van der Waals surface area contributed by atoms with Gasteiger partial charge in [0.1, 0.15) is 5.82 Å². The molecule has 1 amide bonds. The summed E-state index contributed by atoms with van der Waals surface area (Å²) in [5, 5.41) is 19.5. The third kappa shape index (κ3) is 2.73. The number of nitrogens with zero attached hydrogens (tertiary/aromatic N) is 3. The fourth-order valence-corrected chi connectivity index (χ4v) is 1.48. The van der Waals surface area contributed by atoms with E-state index in [0.717, 1.165) is 0 Å². The van der Waals surface area contributed by atoms with Crippen molar-refractivity contribution in [2.75, 3.05) is 5.32 Å². The first kappa shape index (κ1) is 12.7. The van der Waals surface area contributed by atoms with E-state index in [9.17, 15) is 14.9 Å². The van der Waals surface area contributed by atoms with Crippen LogP contribution in [0.4, 0.5) is 11.4 Å². The van der Waals surface area contributed by atoms with Crippen LogP contribution in [0.25, 0.3) is 0 Å². The van der Waals surface area contributed by atoms with Gasteiger partial charge in [0.15, 0.2) is 0 Å². The fourth-order valence-electron chi connectivity index (χ4n) is 1.48. The van der Waals surface area contributed by atoms with Gasteiger partial charge in [-0.2, -0.15) is 0 Å². The minimum absolute atomic E-state index is 0.0107. The molecule has 2 aromatic rings. The molecule has 0 spiro atoms. The molecule has 98 valence electrons. The predicted molar refractivity (Wildman–Crippen MR) is 66.9 cm³/mol. The Morgan fingerprint density at radius 2 is 2.16 bits per heavy atom. The number of aromatic amines is 1. The maximum atomic E-state index is 11.8. The van der Waals surface area contributed by atoms with E-state index in [2.05, 4.69) is 20.5 Å². The number of nitrogens with one attached hydrogen (secondary N) is 2. The molecule has 19 heavy (non-hydrogen) atoms. The normalized spacial score (nSPS) is 10.2. The lowest BCUT2D eigenvalue weighted by molar-refractivity contribution is -0.384. The van der Waals surface area contributed by atoms with Gasteiger partial charge >= 0.3 is 0 Å². The van der Waals surface area contributed by atoms with Gasteiger partial charge in [-0.15, -0.1) is 5.10 Å². The minimum atomic E-state index is -0.522. The first-order valence-corrected chi connectivity index (χ1v) is 5.43. The van der Waals surface area contributed by atoms with Crippen LogP contribution in [0.2, 0.25) is 0 Å². The first-order chi connectivity index (χ1) is 8.97. The van der Waals surface area contributed by atoms with Crippen molar-refractivity contribution in [3.63, 3.8) is 0 Å². The first-order valence-electron chi connectivity index (χ1n) is 5.43. The predicted octanol–water partition coefficient (Wildman–Crippen LogP) is 1.58. The molecule has 0 radical (unpaired) electrons. The molecule has 0 saturated heterocycles. The third-order valence-electron chi connectivity index (χ3n) is 2.48. The maximum absolute atomic E-state index is 11.8. The van der Waals surface area contributed by atoms with Gasteiger partial charge in [-0.3, -0.25) is 20.0 Å². The Morgan fingerprint density at radius 3 is 2.74 bits per heavy atom. The second kappa shape index (κ2) is 4.84. The van der Waals surface area contributed by atoms with Crippen LogP contribution in [0.15, 0.2) is 18.2 Å². The van der Waals surface area contributed by atoms with Crippen molar-refractivity contribution in [3.8, 4) is 0 Å². The summed E-state index contributed by atoms with van der Waals surface area (Å²) in [6.07, 6.45) is 0. The summed E-state index contributed by atoms with van der Waals surface area (Å²) in [5.74, 6) is -0.0164. The Balaban J connectivity index is 2.25. The molecule has 2 rings (SSSR count). The summed E-state index contributed by atoms with van der Waals surface area (Å²) in [4.78, 5) is 25.9. The zero-order chi connectivity index (χ0) is 14.0. The van der Waals surface area contributed by atoms with Crippen molar-refractivity contribution in [2.45, 2.75) is 13.8 Å². The lowest BCUT2D eigenvalue weighted by Gasteiger charge is -2.06. The van der Waals surface area contributed by atoms with Crippen molar-refractivity contribution in [2.24, 2.45) is 0 Å². The molecule has 1 aromatic heterocycles. The standard InChI is InChI=1S/C11H11N5O3/c1-6-3-4-8(16(18)19)5-9(6)13-11(17)10-12-7(2)14-15-10/h3-5H,1-2H3,(H,13,17)(H,12,14,15). The molecule has 2 N–H and O–H groups in total. The Hall–Kier alpha value is -2.77. The highest BCUT2D eigenvalue weighted by atomic mass is 16.6. The number of aryl methyl sites for hydroxylation is 2. The molecule has 8 nitrogen and oxygen atoms in total. The fraction of sp³-hybridized carbons (Fsp3) is 0.182. The van der Waals surface area contributed by atoms with E-state index >= 15 is 0 Å². The van der Waals surface area contributed by atoms with E-state index in [1.54, 1.807) is 19.9 Å². The Morgan fingerprint density at radius 1 is 1.42 bits per heavy atom. The van der Waals surface area contributed by atoms with Gasteiger partial charge in [-0.1, -0.05) is 6.07 Å². The van der Waals surface area contributed by atoms with Gasteiger partial charge in [0.25, 0.3) is 11.6 Å². The number of aromatic nitrogens is 3. The molecular formula is C11H11N5O3. The highest BCUT2D eigenvalue weighted by Gasteiger charge is 2.15. The van der Waals surface area contributed by atoms with E-state index < -0.39 is 10.8 Å². The Bertz CT molecular complexity index is 650. The van der Waals surface area contributed by atoms with Gasteiger partial charge in [-0.05, 0) is 19.4 Å². The maximum Gasteiger partial charge on any atom is 0.295 e. The summed E-state index contributed by atoms with van der Waals surface area (Å²) in [7, 11) is 0. The molecule has 0 bridgehead atoms. The van der Waals surface area contributed by atoms with Crippen molar-refractivity contribution in [1.82, 2.24) is 15.2 Å². The van der Waals surface area contributed by atoms with Crippen LogP contribution in [-0.4, -0.2) is 26.0 Å². The highest BCUT2D eigenvalue weighted by Crippen LogP contribution is 2.22. The van der Waals surface area contributed by atoms with E-state index in [1.807, 2.05) is 0 Å². The van der Waals surface area contributed by atoms with Crippen molar-refractivity contribution < 1.29 is 9.72 Å². The van der Waals surface area contributed by atoms with E-state index in [0.29, 0.717) is 17.1 Å². The number of H-pyrrole nitrogens is 1. The molecule has 1 aromatic carbocycles. The van der Waals surface area contributed by atoms with Gasteiger partial charge in [-0.25, -0.2) is 4.98 Å². The number of non-ortho nitro benzene ring substituents is 1. The van der Waals surface area contributed by atoms with E-state index in [1.165, 1.54) is 12.1 Å². The zero-order valence-electron chi connectivity index (χ0n) is 10.3. The molecular weight excluding hydrogens is 250 g/mol. The lowest BCUT2D eigenvalue weighted by atomic mass is 10.2. The van der Waals surface area contributed by atoms with Crippen molar-refractivity contribution in [3.05, 3.63) is 45.5 Å². The van der Waals surface area contributed by atoms with Crippen LogP contribution < -0.4 is 5.32 Å². The average molecular weight is 261 g/mol. The molecule has 0 fully saturated rings. The summed E-state index contributed by atoms with van der Waals surface area (Å²) >= 11 is 0. The molecule has 0 aliphatic heterocycles. The van der Waals surface area contributed by atoms with Gasteiger partial charge in [0, 0.05) is 12.1 Å².